The second-order valence-electron chi connectivity index (χ2n) is 5.41. The second-order valence-corrected chi connectivity index (χ2v) is 7.00. The molecule has 6 heteroatoms. The standard InChI is InChI=1S/C14H12BrCl2FN2/c1-14(2,3)11-10(15)12(17)20-13(19-11)7-4-8(16)6-9(18)5-7/h4-6H,1-3H3. The first-order chi connectivity index (χ1) is 9.18. The number of rotatable bonds is 1. The van der Waals surface area contributed by atoms with Crippen LogP contribution in [0.15, 0.2) is 22.7 Å². The van der Waals surface area contributed by atoms with E-state index in [0.717, 1.165) is 5.69 Å². The van der Waals surface area contributed by atoms with Gasteiger partial charge in [0.15, 0.2) is 5.82 Å². The minimum absolute atomic E-state index is 0.225. The molecule has 0 aliphatic carbocycles. The summed E-state index contributed by atoms with van der Waals surface area (Å²) >= 11 is 15.4. The molecule has 0 N–H and O–H groups in total. The zero-order valence-corrected chi connectivity index (χ0v) is 14.2. The van der Waals surface area contributed by atoms with Crippen LogP contribution in [0.3, 0.4) is 0 Å². The topological polar surface area (TPSA) is 25.8 Å². The number of aromatic nitrogens is 2. The lowest BCUT2D eigenvalue weighted by Crippen LogP contribution is -2.16. The number of benzene rings is 1. The second kappa shape index (κ2) is 5.58. The highest BCUT2D eigenvalue weighted by Crippen LogP contribution is 2.34. The quantitative estimate of drug-likeness (QED) is 0.600. The molecule has 1 heterocycles. The largest absolute Gasteiger partial charge is 0.231 e. The van der Waals surface area contributed by atoms with Gasteiger partial charge in [0, 0.05) is 16.0 Å². The SMILES string of the molecule is CC(C)(C)c1nc(-c2cc(F)cc(Cl)c2)nc(Cl)c1Br. The summed E-state index contributed by atoms with van der Waals surface area (Å²) in [6.45, 7) is 6.04. The fourth-order valence-corrected chi connectivity index (χ4v) is 2.89. The van der Waals surface area contributed by atoms with Gasteiger partial charge < -0.3 is 0 Å². The van der Waals surface area contributed by atoms with Crippen LogP contribution in [-0.2, 0) is 5.41 Å². The normalized spacial score (nSPS) is 11.8. The molecule has 0 bridgehead atoms. The Balaban J connectivity index is 2.67. The molecule has 106 valence electrons. The maximum Gasteiger partial charge on any atom is 0.161 e. The number of hydrogen-bond donors (Lipinski definition) is 0. The molecule has 0 saturated carbocycles. The van der Waals surface area contributed by atoms with Crippen LogP contribution in [0.4, 0.5) is 4.39 Å². The van der Waals surface area contributed by atoms with Crippen molar-refractivity contribution < 1.29 is 4.39 Å². The molecule has 0 aliphatic heterocycles. The number of halogens is 4. The van der Waals surface area contributed by atoms with Gasteiger partial charge >= 0.3 is 0 Å². The fraction of sp³-hybridized carbons (Fsp3) is 0.286. The lowest BCUT2D eigenvalue weighted by Gasteiger charge is -2.20. The van der Waals surface area contributed by atoms with Crippen molar-refractivity contribution in [2.75, 3.05) is 0 Å². The molecule has 0 atom stereocenters. The summed E-state index contributed by atoms with van der Waals surface area (Å²) < 4.78 is 14.1. The maximum absolute atomic E-state index is 13.4. The maximum atomic E-state index is 13.4. The molecule has 1 aromatic carbocycles. The first-order valence-corrected chi connectivity index (χ1v) is 7.43. The van der Waals surface area contributed by atoms with Gasteiger partial charge in [-0.2, -0.15) is 0 Å². The van der Waals surface area contributed by atoms with E-state index < -0.39 is 5.82 Å². The minimum Gasteiger partial charge on any atom is -0.231 e. The van der Waals surface area contributed by atoms with Crippen molar-refractivity contribution in [3.8, 4) is 11.4 Å². The van der Waals surface area contributed by atoms with Crippen molar-refractivity contribution in [3.63, 3.8) is 0 Å². The van der Waals surface area contributed by atoms with Crippen LogP contribution in [0.5, 0.6) is 0 Å². The van der Waals surface area contributed by atoms with Crippen molar-refractivity contribution in [1.82, 2.24) is 9.97 Å². The lowest BCUT2D eigenvalue weighted by atomic mass is 9.92. The minimum atomic E-state index is -0.438. The third-order valence-corrected chi connectivity index (χ3v) is 4.11. The van der Waals surface area contributed by atoms with E-state index in [9.17, 15) is 4.39 Å². The number of nitrogens with zero attached hydrogens (tertiary/aromatic N) is 2. The molecule has 2 rings (SSSR count). The Morgan fingerprint density at radius 3 is 2.30 bits per heavy atom. The van der Waals surface area contributed by atoms with E-state index in [2.05, 4.69) is 25.9 Å². The Labute approximate surface area is 135 Å². The summed E-state index contributed by atoms with van der Waals surface area (Å²) in [5.74, 6) is -0.0861. The zero-order valence-electron chi connectivity index (χ0n) is 11.1. The molecule has 2 nitrogen and oxygen atoms in total. The van der Waals surface area contributed by atoms with Crippen LogP contribution in [0, 0.1) is 5.82 Å². The third kappa shape index (κ3) is 3.30. The van der Waals surface area contributed by atoms with Crippen molar-refractivity contribution in [2.24, 2.45) is 0 Å². The van der Waals surface area contributed by atoms with Crippen LogP contribution in [0.2, 0.25) is 10.2 Å². The molecule has 0 fully saturated rings. The molecular formula is C14H12BrCl2FN2. The Kier molecular flexibility index (Phi) is 4.38. The Bertz CT molecular complexity index is 649. The summed E-state index contributed by atoms with van der Waals surface area (Å²) in [7, 11) is 0. The molecule has 0 spiro atoms. The molecule has 20 heavy (non-hydrogen) atoms. The van der Waals surface area contributed by atoms with Gasteiger partial charge in [-0.1, -0.05) is 44.0 Å². The van der Waals surface area contributed by atoms with Crippen LogP contribution in [0.1, 0.15) is 26.5 Å². The highest BCUT2D eigenvalue weighted by Gasteiger charge is 2.23. The Hall–Kier alpha value is -0.710. The smallest absolute Gasteiger partial charge is 0.161 e. The van der Waals surface area contributed by atoms with E-state index in [4.69, 9.17) is 23.2 Å². The van der Waals surface area contributed by atoms with Gasteiger partial charge in [0.2, 0.25) is 0 Å². The first kappa shape index (κ1) is 15.7. The summed E-state index contributed by atoms with van der Waals surface area (Å²) in [5, 5.41) is 0.584. The van der Waals surface area contributed by atoms with Crippen LogP contribution >= 0.6 is 39.1 Å². The summed E-state index contributed by atoms with van der Waals surface area (Å²) in [4.78, 5) is 8.67. The Morgan fingerprint density at radius 2 is 1.75 bits per heavy atom. The Morgan fingerprint density at radius 1 is 1.10 bits per heavy atom. The summed E-state index contributed by atoms with van der Waals surface area (Å²) in [6, 6.07) is 4.17. The first-order valence-electron chi connectivity index (χ1n) is 5.88. The molecule has 0 saturated heterocycles. The van der Waals surface area contributed by atoms with Crippen molar-refractivity contribution in [2.45, 2.75) is 26.2 Å². The summed E-state index contributed by atoms with van der Waals surface area (Å²) in [6.07, 6.45) is 0. The number of hydrogen-bond acceptors (Lipinski definition) is 2. The molecule has 2 aromatic rings. The average molecular weight is 378 g/mol. The van der Waals surface area contributed by atoms with Crippen molar-refractivity contribution in [3.05, 3.63) is 44.4 Å². The zero-order chi connectivity index (χ0) is 15.1. The van der Waals surface area contributed by atoms with Gasteiger partial charge in [0.1, 0.15) is 11.0 Å². The predicted molar refractivity (Wildman–Crippen MR) is 83.8 cm³/mol. The van der Waals surface area contributed by atoms with E-state index in [-0.39, 0.29) is 5.41 Å². The van der Waals surface area contributed by atoms with Crippen LogP contribution in [-0.4, -0.2) is 9.97 Å². The fourth-order valence-electron chi connectivity index (χ4n) is 1.73. The van der Waals surface area contributed by atoms with E-state index in [1.165, 1.54) is 12.1 Å². The molecule has 0 aliphatic rings. The third-order valence-electron chi connectivity index (χ3n) is 2.64. The summed E-state index contributed by atoms with van der Waals surface area (Å²) in [5.41, 5.74) is 1.03. The highest BCUT2D eigenvalue weighted by molar-refractivity contribution is 9.10. The average Bonchev–Trinajstić information content (AvgIpc) is 2.29. The van der Waals surface area contributed by atoms with Gasteiger partial charge in [-0.05, 0) is 34.1 Å². The van der Waals surface area contributed by atoms with Gasteiger partial charge in [-0.15, -0.1) is 0 Å². The lowest BCUT2D eigenvalue weighted by molar-refractivity contribution is 0.564. The molecular weight excluding hydrogens is 366 g/mol. The van der Waals surface area contributed by atoms with E-state index >= 15 is 0 Å². The van der Waals surface area contributed by atoms with E-state index in [1.807, 2.05) is 20.8 Å². The van der Waals surface area contributed by atoms with Crippen LogP contribution < -0.4 is 0 Å². The molecule has 1 aromatic heterocycles. The van der Waals surface area contributed by atoms with E-state index in [1.54, 1.807) is 6.07 Å². The van der Waals surface area contributed by atoms with Crippen LogP contribution in [0.25, 0.3) is 11.4 Å². The highest BCUT2D eigenvalue weighted by atomic mass is 79.9. The van der Waals surface area contributed by atoms with Gasteiger partial charge in [-0.3, -0.25) is 0 Å². The van der Waals surface area contributed by atoms with E-state index in [0.29, 0.717) is 26.0 Å². The van der Waals surface area contributed by atoms with Gasteiger partial charge in [0.05, 0.1) is 10.2 Å². The predicted octanol–water partition coefficient (Wildman–Crippen LogP) is 5.65. The molecule has 0 radical (unpaired) electrons. The monoisotopic (exact) mass is 376 g/mol. The molecule has 0 amide bonds. The van der Waals surface area contributed by atoms with Crippen molar-refractivity contribution >= 4 is 39.1 Å². The van der Waals surface area contributed by atoms with Gasteiger partial charge in [-0.25, -0.2) is 14.4 Å². The van der Waals surface area contributed by atoms with Gasteiger partial charge in [0.25, 0.3) is 0 Å². The van der Waals surface area contributed by atoms with Crippen molar-refractivity contribution in [1.29, 1.82) is 0 Å². The molecule has 0 unspecified atom stereocenters.